The van der Waals surface area contributed by atoms with Gasteiger partial charge in [-0.2, -0.15) is 0 Å². The molecule has 0 aromatic heterocycles. The van der Waals surface area contributed by atoms with E-state index in [0.29, 0.717) is 30.0 Å². The number of hydrogen-bond acceptors (Lipinski definition) is 8. The summed E-state index contributed by atoms with van der Waals surface area (Å²) in [7, 11) is 2.98. The summed E-state index contributed by atoms with van der Waals surface area (Å²) in [6, 6.07) is 11.5. The summed E-state index contributed by atoms with van der Waals surface area (Å²) < 4.78 is 16.1. The van der Waals surface area contributed by atoms with Crippen LogP contribution in [0.3, 0.4) is 0 Å². The summed E-state index contributed by atoms with van der Waals surface area (Å²) in [5, 5.41) is 15.7. The van der Waals surface area contributed by atoms with Crippen LogP contribution in [-0.4, -0.2) is 75.6 Å². The number of para-hydroxylation sites is 2. The van der Waals surface area contributed by atoms with Crippen LogP contribution in [0.5, 0.6) is 17.2 Å². The van der Waals surface area contributed by atoms with Crippen LogP contribution < -0.4 is 25.0 Å². The third kappa shape index (κ3) is 5.33. The fourth-order valence-corrected chi connectivity index (χ4v) is 4.59. The second-order valence-electron chi connectivity index (χ2n) is 8.51. The molecule has 1 unspecified atom stereocenters. The number of anilines is 1. The molecule has 1 fully saturated rings. The lowest BCUT2D eigenvalue weighted by Crippen LogP contribution is -2.51. The van der Waals surface area contributed by atoms with Crippen LogP contribution in [0.1, 0.15) is 18.5 Å². The highest BCUT2D eigenvalue weighted by atomic mass is 16.5. The smallest absolute Gasteiger partial charge is 0.338 e. The van der Waals surface area contributed by atoms with Gasteiger partial charge in [0.1, 0.15) is 5.75 Å². The summed E-state index contributed by atoms with van der Waals surface area (Å²) >= 11 is 0. The number of hydrogen-bond donors (Lipinski definition) is 3. The van der Waals surface area contributed by atoms with E-state index in [2.05, 4.69) is 20.4 Å². The molecule has 36 heavy (non-hydrogen) atoms. The fourth-order valence-electron chi connectivity index (χ4n) is 4.59. The van der Waals surface area contributed by atoms with Crippen LogP contribution in [0.4, 0.5) is 10.5 Å². The first-order chi connectivity index (χ1) is 17.4. The van der Waals surface area contributed by atoms with Gasteiger partial charge < -0.3 is 34.9 Å². The Morgan fingerprint density at radius 2 is 1.83 bits per heavy atom. The van der Waals surface area contributed by atoms with E-state index in [1.807, 2.05) is 31.2 Å². The number of nitrogens with zero attached hydrogens (tertiary/aromatic N) is 2. The number of aromatic hydroxyl groups is 1. The molecule has 1 saturated heterocycles. The number of urea groups is 1. The molecule has 2 aromatic rings. The summed E-state index contributed by atoms with van der Waals surface area (Å²) in [6.07, 6.45) is 0. The molecule has 1 atom stereocenters. The van der Waals surface area contributed by atoms with Crippen molar-refractivity contribution in [3.8, 4) is 17.2 Å². The molecular formula is C26H32N4O6. The van der Waals surface area contributed by atoms with Gasteiger partial charge in [0.05, 0.1) is 38.1 Å². The van der Waals surface area contributed by atoms with Gasteiger partial charge in [-0.1, -0.05) is 18.2 Å². The molecule has 4 rings (SSSR count). The number of phenolic OH excluding ortho intramolecular Hbond substituents is 1. The molecule has 10 heteroatoms. The van der Waals surface area contributed by atoms with Crippen molar-refractivity contribution in [1.82, 2.24) is 15.5 Å². The van der Waals surface area contributed by atoms with E-state index in [0.717, 1.165) is 37.6 Å². The predicted octanol–water partition coefficient (Wildman–Crippen LogP) is 2.40. The van der Waals surface area contributed by atoms with E-state index in [1.54, 1.807) is 19.2 Å². The Hall–Kier alpha value is -3.92. The quantitative estimate of drug-likeness (QED) is 0.478. The number of carbonyl (C=O) groups excluding carboxylic acids is 2. The predicted molar refractivity (Wildman–Crippen MR) is 134 cm³/mol. The normalized spacial score (nSPS) is 18.4. The Bertz CT molecular complexity index is 1140. The fraction of sp³-hybridized carbons (Fsp3) is 0.385. The zero-order valence-corrected chi connectivity index (χ0v) is 20.7. The van der Waals surface area contributed by atoms with E-state index in [-0.39, 0.29) is 11.5 Å². The number of methoxy groups -OCH3 is 2. The molecule has 2 aliphatic heterocycles. The van der Waals surface area contributed by atoms with Gasteiger partial charge in [0, 0.05) is 38.4 Å². The standard InChI is InChI=1S/C26H32N4O6/c1-4-36-22-15-17(9-10-20(22)31)24-23(25(32)35-3)18(27-26(33)28-24)16-29-11-13-30(14-12-29)19-7-5-6-8-21(19)34-2/h5-10,15,24,31H,4,11-14,16H2,1-3H3,(H2,27,28,33). The second-order valence-corrected chi connectivity index (χ2v) is 8.51. The highest BCUT2D eigenvalue weighted by Crippen LogP contribution is 2.34. The number of benzene rings is 2. The molecular weight excluding hydrogens is 464 g/mol. The zero-order valence-electron chi connectivity index (χ0n) is 20.7. The number of esters is 1. The number of carbonyl (C=O) groups is 2. The van der Waals surface area contributed by atoms with Crippen LogP contribution >= 0.6 is 0 Å². The van der Waals surface area contributed by atoms with Crippen LogP contribution in [-0.2, 0) is 9.53 Å². The largest absolute Gasteiger partial charge is 0.504 e. The third-order valence-corrected chi connectivity index (χ3v) is 6.36. The number of piperazine rings is 1. The maximum Gasteiger partial charge on any atom is 0.338 e. The molecule has 2 aromatic carbocycles. The molecule has 2 aliphatic rings. The van der Waals surface area contributed by atoms with E-state index in [4.69, 9.17) is 14.2 Å². The van der Waals surface area contributed by atoms with Gasteiger partial charge in [0.2, 0.25) is 0 Å². The molecule has 2 heterocycles. The molecule has 0 spiro atoms. The van der Waals surface area contributed by atoms with Crippen molar-refractivity contribution in [1.29, 1.82) is 0 Å². The number of amides is 2. The van der Waals surface area contributed by atoms with Gasteiger partial charge in [0.25, 0.3) is 0 Å². The van der Waals surface area contributed by atoms with Gasteiger partial charge in [-0.05, 0) is 36.8 Å². The summed E-state index contributed by atoms with van der Waals surface area (Å²) in [5.41, 5.74) is 2.46. The van der Waals surface area contributed by atoms with Crippen molar-refractivity contribution < 1.29 is 28.9 Å². The van der Waals surface area contributed by atoms with Crippen molar-refractivity contribution >= 4 is 17.7 Å². The Balaban J connectivity index is 1.57. The number of nitrogens with one attached hydrogen (secondary N) is 2. The lowest BCUT2D eigenvalue weighted by Gasteiger charge is -2.38. The first-order valence-corrected chi connectivity index (χ1v) is 11.9. The second kappa shape index (κ2) is 11.2. The van der Waals surface area contributed by atoms with Crippen molar-refractivity contribution in [3.05, 3.63) is 59.3 Å². The lowest BCUT2D eigenvalue weighted by atomic mass is 9.94. The van der Waals surface area contributed by atoms with Gasteiger partial charge in [-0.25, -0.2) is 9.59 Å². The minimum Gasteiger partial charge on any atom is -0.504 e. The van der Waals surface area contributed by atoms with E-state index < -0.39 is 18.0 Å². The highest BCUT2D eigenvalue weighted by molar-refractivity contribution is 5.95. The molecule has 10 nitrogen and oxygen atoms in total. The summed E-state index contributed by atoms with van der Waals surface area (Å²) in [5.74, 6) is 0.551. The molecule has 0 saturated carbocycles. The Kier molecular flexibility index (Phi) is 7.84. The van der Waals surface area contributed by atoms with Crippen molar-refractivity contribution in [2.24, 2.45) is 0 Å². The van der Waals surface area contributed by atoms with Crippen molar-refractivity contribution in [2.75, 3.05) is 58.5 Å². The Morgan fingerprint density at radius 1 is 1.08 bits per heavy atom. The summed E-state index contributed by atoms with van der Waals surface area (Å²) in [4.78, 5) is 30.0. The van der Waals surface area contributed by atoms with Crippen LogP contribution in [0.2, 0.25) is 0 Å². The average Bonchev–Trinajstić information content (AvgIpc) is 2.90. The van der Waals surface area contributed by atoms with Crippen LogP contribution in [0.15, 0.2) is 53.7 Å². The minimum absolute atomic E-state index is 0.0161. The lowest BCUT2D eigenvalue weighted by molar-refractivity contribution is -0.136. The molecule has 0 radical (unpaired) electrons. The SMILES string of the molecule is CCOc1cc(C2NC(=O)NC(CN3CCN(c4ccccc4OC)CC3)=C2C(=O)OC)ccc1O. The van der Waals surface area contributed by atoms with Gasteiger partial charge >= 0.3 is 12.0 Å². The monoisotopic (exact) mass is 496 g/mol. The molecule has 2 amide bonds. The number of ether oxygens (including phenoxy) is 3. The highest BCUT2D eigenvalue weighted by Gasteiger charge is 2.35. The van der Waals surface area contributed by atoms with Crippen LogP contribution in [0, 0.1) is 0 Å². The number of rotatable bonds is 8. The maximum atomic E-state index is 12.9. The molecule has 192 valence electrons. The first kappa shape index (κ1) is 25.2. The van der Waals surface area contributed by atoms with Crippen LogP contribution in [0.25, 0.3) is 0 Å². The maximum absolute atomic E-state index is 12.9. The Labute approximate surface area is 210 Å². The molecule has 0 aliphatic carbocycles. The van der Waals surface area contributed by atoms with Gasteiger partial charge in [0.15, 0.2) is 11.5 Å². The third-order valence-electron chi connectivity index (χ3n) is 6.36. The van der Waals surface area contributed by atoms with Gasteiger partial charge in [-0.3, -0.25) is 4.90 Å². The average molecular weight is 497 g/mol. The van der Waals surface area contributed by atoms with E-state index in [9.17, 15) is 14.7 Å². The molecule has 3 N–H and O–H groups in total. The van der Waals surface area contributed by atoms with Gasteiger partial charge in [-0.15, -0.1) is 0 Å². The number of phenols is 1. The summed E-state index contributed by atoms with van der Waals surface area (Å²) in [6.45, 7) is 5.56. The van der Waals surface area contributed by atoms with E-state index in [1.165, 1.54) is 13.2 Å². The minimum atomic E-state index is -0.754. The Morgan fingerprint density at radius 3 is 2.53 bits per heavy atom. The van der Waals surface area contributed by atoms with Crippen molar-refractivity contribution in [3.63, 3.8) is 0 Å². The topological polar surface area (TPSA) is 113 Å². The molecule has 0 bridgehead atoms. The van der Waals surface area contributed by atoms with E-state index >= 15 is 0 Å². The zero-order chi connectivity index (χ0) is 25.7. The first-order valence-electron chi connectivity index (χ1n) is 11.9. The van der Waals surface area contributed by atoms with Crippen molar-refractivity contribution in [2.45, 2.75) is 13.0 Å².